The van der Waals surface area contributed by atoms with E-state index in [4.69, 9.17) is 0 Å². The van der Waals surface area contributed by atoms with Crippen molar-refractivity contribution in [3.63, 3.8) is 0 Å². The predicted molar refractivity (Wildman–Crippen MR) is 74.4 cm³/mol. The summed E-state index contributed by atoms with van der Waals surface area (Å²) in [6.07, 6.45) is 11.0. The third-order valence-electron chi connectivity index (χ3n) is 3.42. The average Bonchev–Trinajstić information content (AvgIpc) is 2.84. The quantitative estimate of drug-likeness (QED) is 0.790. The Morgan fingerprint density at radius 2 is 2.41 bits per heavy atom. The van der Waals surface area contributed by atoms with Crippen molar-refractivity contribution in [1.29, 1.82) is 0 Å². The Hall–Kier alpha value is -0.480. The molecule has 2 rings (SSSR count). The molecule has 0 aromatic carbocycles. The Bertz CT molecular complexity index is 300. The first kappa shape index (κ1) is 13.0. The van der Waals surface area contributed by atoms with Gasteiger partial charge in [0.15, 0.2) is 0 Å². The van der Waals surface area contributed by atoms with Crippen molar-refractivity contribution in [2.45, 2.75) is 50.4 Å². The molecule has 17 heavy (non-hydrogen) atoms. The van der Waals surface area contributed by atoms with Gasteiger partial charge in [0.1, 0.15) is 0 Å². The molecule has 0 spiro atoms. The van der Waals surface area contributed by atoms with E-state index in [-0.39, 0.29) is 0 Å². The molecule has 1 aliphatic rings. The van der Waals surface area contributed by atoms with Crippen LogP contribution in [0.1, 0.15) is 32.6 Å². The molecule has 0 amide bonds. The highest BCUT2D eigenvalue weighted by atomic mass is 32.2. The second kappa shape index (κ2) is 7.07. The number of nitrogens with zero attached hydrogens (tertiary/aromatic N) is 2. The van der Waals surface area contributed by atoms with Crippen molar-refractivity contribution in [1.82, 2.24) is 14.9 Å². The third kappa shape index (κ3) is 4.36. The van der Waals surface area contributed by atoms with E-state index in [1.165, 1.54) is 31.4 Å². The van der Waals surface area contributed by atoms with E-state index in [1.807, 2.05) is 18.7 Å². The number of aryl methyl sites for hydroxylation is 1. The Morgan fingerprint density at radius 3 is 3.18 bits per heavy atom. The van der Waals surface area contributed by atoms with Crippen LogP contribution in [0, 0.1) is 0 Å². The van der Waals surface area contributed by atoms with E-state index in [9.17, 15) is 0 Å². The van der Waals surface area contributed by atoms with E-state index in [1.54, 1.807) is 0 Å². The van der Waals surface area contributed by atoms with Crippen LogP contribution >= 0.6 is 11.8 Å². The first-order valence-corrected chi connectivity index (χ1v) is 7.72. The molecule has 0 radical (unpaired) electrons. The molecule has 4 heteroatoms. The van der Waals surface area contributed by atoms with Gasteiger partial charge in [-0.2, -0.15) is 11.8 Å². The summed E-state index contributed by atoms with van der Waals surface area (Å²) < 4.78 is 2.15. The minimum absolute atomic E-state index is 0.738. The Labute approximate surface area is 108 Å². The minimum Gasteiger partial charge on any atom is -0.337 e. The van der Waals surface area contributed by atoms with Gasteiger partial charge in [0, 0.05) is 30.2 Å². The fourth-order valence-electron chi connectivity index (χ4n) is 2.32. The second-order valence-corrected chi connectivity index (χ2v) is 6.27. The molecule has 1 aromatic rings. The maximum atomic E-state index is 4.05. The topological polar surface area (TPSA) is 29.9 Å². The number of aromatic nitrogens is 2. The fraction of sp³-hybridized carbons (Fsp3) is 0.769. The van der Waals surface area contributed by atoms with Gasteiger partial charge in [-0.1, -0.05) is 6.92 Å². The molecule has 0 bridgehead atoms. The first-order valence-electron chi connectivity index (χ1n) is 6.67. The lowest BCUT2D eigenvalue weighted by Gasteiger charge is -2.29. The van der Waals surface area contributed by atoms with Gasteiger partial charge >= 0.3 is 0 Å². The van der Waals surface area contributed by atoms with E-state index in [2.05, 4.69) is 33.6 Å². The Kier molecular flexibility index (Phi) is 5.39. The molecular weight excluding hydrogens is 230 g/mol. The number of hydrogen-bond acceptors (Lipinski definition) is 3. The summed E-state index contributed by atoms with van der Waals surface area (Å²) in [5.74, 6) is 1.35. The smallest absolute Gasteiger partial charge is 0.0945 e. The zero-order valence-corrected chi connectivity index (χ0v) is 11.5. The molecule has 96 valence electrons. The largest absolute Gasteiger partial charge is 0.337 e. The summed E-state index contributed by atoms with van der Waals surface area (Å²) in [5, 5.41) is 4.49. The molecular formula is C13H23N3S. The summed E-state index contributed by atoms with van der Waals surface area (Å²) in [6.45, 7) is 4.61. The molecule has 1 aromatic heterocycles. The summed E-state index contributed by atoms with van der Waals surface area (Å²) in [7, 11) is 0. The molecule has 1 saturated heterocycles. The maximum absolute atomic E-state index is 4.05. The number of rotatable bonds is 6. The highest BCUT2D eigenvalue weighted by Gasteiger charge is 2.20. The third-order valence-corrected chi connectivity index (χ3v) is 4.79. The van der Waals surface area contributed by atoms with Crippen molar-refractivity contribution in [3.05, 3.63) is 18.7 Å². The van der Waals surface area contributed by atoms with Gasteiger partial charge in [-0.3, -0.25) is 0 Å². The Balaban J connectivity index is 1.53. The monoisotopic (exact) mass is 253 g/mol. The minimum atomic E-state index is 0.738. The van der Waals surface area contributed by atoms with Crippen LogP contribution in [0.25, 0.3) is 0 Å². The van der Waals surface area contributed by atoms with Gasteiger partial charge in [-0.05, 0) is 38.0 Å². The average molecular weight is 253 g/mol. The van der Waals surface area contributed by atoms with Crippen LogP contribution in [0.4, 0.5) is 0 Å². The van der Waals surface area contributed by atoms with Crippen LogP contribution in [0.5, 0.6) is 0 Å². The van der Waals surface area contributed by atoms with Crippen molar-refractivity contribution < 1.29 is 0 Å². The molecule has 0 saturated carbocycles. The lowest BCUT2D eigenvalue weighted by Crippen LogP contribution is -2.39. The van der Waals surface area contributed by atoms with Crippen molar-refractivity contribution in [3.8, 4) is 0 Å². The molecule has 1 fully saturated rings. The van der Waals surface area contributed by atoms with Crippen molar-refractivity contribution >= 4 is 11.8 Å². The first-order chi connectivity index (χ1) is 8.36. The molecule has 1 aliphatic heterocycles. The molecule has 2 unspecified atom stereocenters. The summed E-state index contributed by atoms with van der Waals surface area (Å²) in [5.41, 5.74) is 0. The highest BCUT2D eigenvalue weighted by molar-refractivity contribution is 7.99. The van der Waals surface area contributed by atoms with Crippen LogP contribution in [-0.4, -0.2) is 33.1 Å². The van der Waals surface area contributed by atoms with Gasteiger partial charge in [-0.15, -0.1) is 0 Å². The normalized spacial score (nSPS) is 25.0. The number of nitrogens with one attached hydrogen (secondary N) is 1. The number of thioether (sulfide) groups is 1. The van der Waals surface area contributed by atoms with E-state index in [0.29, 0.717) is 0 Å². The lowest BCUT2D eigenvalue weighted by atomic mass is 10.1. The van der Waals surface area contributed by atoms with Gasteiger partial charge in [0.2, 0.25) is 0 Å². The van der Waals surface area contributed by atoms with Crippen LogP contribution < -0.4 is 5.32 Å². The Morgan fingerprint density at radius 1 is 1.47 bits per heavy atom. The van der Waals surface area contributed by atoms with Gasteiger partial charge in [-0.25, -0.2) is 4.98 Å². The SMILES string of the molecule is CC1SCCCC1NCCCCn1ccnc1. The van der Waals surface area contributed by atoms with Crippen LogP contribution in [-0.2, 0) is 6.54 Å². The number of imidazole rings is 1. The van der Waals surface area contributed by atoms with Crippen molar-refractivity contribution in [2.24, 2.45) is 0 Å². The summed E-state index contributed by atoms with van der Waals surface area (Å²) in [4.78, 5) is 4.05. The summed E-state index contributed by atoms with van der Waals surface area (Å²) >= 11 is 2.11. The standard InChI is InChI=1S/C13H23N3S/c1-12-13(5-4-10-17-12)15-6-2-3-8-16-9-7-14-11-16/h7,9,11-13,15H,2-6,8,10H2,1H3. The number of unbranched alkanes of at least 4 members (excludes halogenated alkanes) is 1. The highest BCUT2D eigenvalue weighted by Crippen LogP contribution is 2.24. The van der Waals surface area contributed by atoms with E-state index >= 15 is 0 Å². The molecule has 2 atom stereocenters. The molecule has 2 heterocycles. The molecule has 0 aliphatic carbocycles. The van der Waals surface area contributed by atoms with Gasteiger partial charge in [0.05, 0.1) is 6.33 Å². The van der Waals surface area contributed by atoms with E-state index < -0.39 is 0 Å². The van der Waals surface area contributed by atoms with Gasteiger partial charge in [0.25, 0.3) is 0 Å². The summed E-state index contributed by atoms with van der Waals surface area (Å²) in [6, 6.07) is 0.738. The lowest BCUT2D eigenvalue weighted by molar-refractivity contribution is 0.448. The van der Waals surface area contributed by atoms with Gasteiger partial charge < -0.3 is 9.88 Å². The number of hydrogen-bond donors (Lipinski definition) is 1. The van der Waals surface area contributed by atoms with Crippen LogP contribution in [0.3, 0.4) is 0 Å². The van der Waals surface area contributed by atoms with Crippen LogP contribution in [0.2, 0.25) is 0 Å². The zero-order valence-electron chi connectivity index (χ0n) is 10.6. The fourth-order valence-corrected chi connectivity index (χ4v) is 3.49. The molecule has 1 N–H and O–H groups in total. The van der Waals surface area contributed by atoms with E-state index in [0.717, 1.165) is 24.4 Å². The second-order valence-electron chi connectivity index (χ2n) is 4.79. The van der Waals surface area contributed by atoms with Crippen LogP contribution in [0.15, 0.2) is 18.7 Å². The maximum Gasteiger partial charge on any atom is 0.0945 e. The zero-order chi connectivity index (χ0) is 11.9. The molecule has 3 nitrogen and oxygen atoms in total. The van der Waals surface area contributed by atoms with Crippen molar-refractivity contribution in [2.75, 3.05) is 12.3 Å². The predicted octanol–water partition coefficient (Wildman–Crippen LogP) is 2.54.